The zero-order valence-corrected chi connectivity index (χ0v) is 13.3. The Bertz CT molecular complexity index is 673. The summed E-state index contributed by atoms with van der Waals surface area (Å²) in [5.74, 6) is 0. The molecule has 0 radical (unpaired) electrons. The number of pyridine rings is 1. The van der Waals surface area contributed by atoms with Crippen LogP contribution < -0.4 is 4.57 Å². The van der Waals surface area contributed by atoms with Crippen molar-refractivity contribution in [3.63, 3.8) is 0 Å². The van der Waals surface area contributed by atoms with Crippen LogP contribution in [-0.4, -0.2) is 18.5 Å². The van der Waals surface area contributed by atoms with Crippen LogP contribution in [0.4, 0.5) is 13.2 Å². The Kier molecular flexibility index (Phi) is 5.90. The van der Waals surface area contributed by atoms with Gasteiger partial charge in [-0.2, -0.15) is 17.7 Å². The van der Waals surface area contributed by atoms with Crippen molar-refractivity contribution in [1.82, 2.24) is 0 Å². The largest absolute Gasteiger partial charge is 0.741 e. The third kappa shape index (κ3) is 5.33. The van der Waals surface area contributed by atoms with E-state index in [2.05, 4.69) is 73.3 Å². The van der Waals surface area contributed by atoms with Gasteiger partial charge < -0.3 is 4.55 Å². The molecular formula is C15H16F3NO3S. The Morgan fingerprint density at radius 1 is 0.913 bits per heavy atom. The Morgan fingerprint density at radius 3 is 1.70 bits per heavy atom. The van der Waals surface area contributed by atoms with Crippen LogP contribution in [0.25, 0.3) is 0 Å². The molecule has 0 aliphatic carbocycles. The highest BCUT2D eigenvalue weighted by atomic mass is 32.2. The molecule has 23 heavy (non-hydrogen) atoms. The molecule has 0 aliphatic rings. The third-order valence-corrected chi connectivity index (χ3v) is 3.69. The average molecular weight is 347 g/mol. The van der Waals surface area contributed by atoms with E-state index < -0.39 is 15.6 Å². The van der Waals surface area contributed by atoms with Crippen molar-refractivity contribution >= 4 is 10.1 Å². The Balaban J connectivity index is 0.000000284. The number of hydrogen-bond donors (Lipinski definition) is 0. The van der Waals surface area contributed by atoms with Crippen LogP contribution in [-0.2, 0) is 15.7 Å². The Labute approximate surface area is 133 Å². The monoisotopic (exact) mass is 347 g/mol. The maximum atomic E-state index is 10.7. The molecule has 2 rings (SSSR count). The molecule has 126 valence electrons. The number of nitrogens with zero attached hydrogens (tertiary/aromatic N) is 1. The van der Waals surface area contributed by atoms with E-state index in [1.54, 1.807) is 0 Å². The summed E-state index contributed by atoms with van der Waals surface area (Å²) in [5, 5.41) is 0. The second-order valence-electron chi connectivity index (χ2n) is 5.11. The van der Waals surface area contributed by atoms with Gasteiger partial charge in [0.2, 0.25) is 0 Å². The quantitative estimate of drug-likeness (QED) is 0.477. The summed E-state index contributed by atoms with van der Waals surface area (Å²) in [4.78, 5) is 0. The van der Waals surface area contributed by atoms with Gasteiger partial charge in [-0.05, 0) is 0 Å². The van der Waals surface area contributed by atoms with Gasteiger partial charge in [-0.25, -0.2) is 8.42 Å². The standard InChI is InChI=1S/C14H16N.CHF3O3S/c1-14(2,13-9-5-3-6-10-13)15-11-7-4-8-12-15;2-1(3,4)8(5,6)7/h3-12H,1-2H3;(H,5,6,7)/q+1;/p-1. The first-order valence-corrected chi connectivity index (χ1v) is 7.91. The first-order chi connectivity index (χ1) is 10.5. The summed E-state index contributed by atoms with van der Waals surface area (Å²) in [5.41, 5.74) is -4.32. The van der Waals surface area contributed by atoms with Gasteiger partial charge in [-0.15, -0.1) is 0 Å². The fraction of sp³-hybridized carbons (Fsp3) is 0.267. The van der Waals surface area contributed by atoms with Crippen molar-refractivity contribution in [2.75, 3.05) is 0 Å². The molecule has 1 aromatic heterocycles. The summed E-state index contributed by atoms with van der Waals surface area (Å²) in [6.45, 7) is 4.45. The van der Waals surface area contributed by atoms with E-state index >= 15 is 0 Å². The second-order valence-corrected chi connectivity index (χ2v) is 6.48. The minimum Gasteiger partial charge on any atom is -0.741 e. The number of aromatic nitrogens is 1. The molecule has 0 N–H and O–H groups in total. The van der Waals surface area contributed by atoms with Gasteiger partial charge in [0.15, 0.2) is 28.1 Å². The van der Waals surface area contributed by atoms with E-state index in [1.807, 2.05) is 6.07 Å². The van der Waals surface area contributed by atoms with Crippen molar-refractivity contribution in [2.45, 2.75) is 24.9 Å². The number of benzene rings is 1. The molecule has 0 saturated heterocycles. The van der Waals surface area contributed by atoms with Crippen molar-refractivity contribution in [3.05, 3.63) is 66.5 Å². The summed E-state index contributed by atoms with van der Waals surface area (Å²) >= 11 is 0. The highest BCUT2D eigenvalue weighted by molar-refractivity contribution is 7.86. The maximum absolute atomic E-state index is 10.7. The predicted molar refractivity (Wildman–Crippen MR) is 77.3 cm³/mol. The fourth-order valence-corrected chi connectivity index (χ4v) is 1.77. The van der Waals surface area contributed by atoms with E-state index in [-0.39, 0.29) is 5.54 Å². The normalized spacial score (nSPS) is 12.3. The third-order valence-electron chi connectivity index (χ3n) is 3.12. The molecule has 0 unspecified atom stereocenters. The van der Waals surface area contributed by atoms with Crippen LogP contribution in [0, 0.1) is 0 Å². The minimum absolute atomic E-state index is 0.00250. The first-order valence-electron chi connectivity index (χ1n) is 6.51. The van der Waals surface area contributed by atoms with Gasteiger partial charge in [0.05, 0.1) is 0 Å². The highest BCUT2D eigenvalue weighted by Gasteiger charge is 2.36. The SMILES string of the molecule is CC(C)(c1ccccc1)[n+]1ccccc1.O=S(=O)([O-])C(F)(F)F. The summed E-state index contributed by atoms with van der Waals surface area (Å²) in [7, 11) is -6.09. The van der Waals surface area contributed by atoms with Crippen LogP contribution in [0.3, 0.4) is 0 Å². The Hall–Kier alpha value is -1.93. The zero-order valence-electron chi connectivity index (χ0n) is 12.5. The number of halogens is 3. The lowest BCUT2D eigenvalue weighted by Crippen LogP contribution is -2.52. The molecule has 0 bridgehead atoms. The molecule has 0 amide bonds. The van der Waals surface area contributed by atoms with Crippen LogP contribution in [0.5, 0.6) is 0 Å². The lowest BCUT2D eigenvalue weighted by Gasteiger charge is -2.19. The van der Waals surface area contributed by atoms with Gasteiger partial charge >= 0.3 is 5.51 Å². The predicted octanol–water partition coefficient (Wildman–Crippen LogP) is 2.81. The van der Waals surface area contributed by atoms with Gasteiger partial charge in [-0.1, -0.05) is 36.4 Å². The minimum atomic E-state index is -6.09. The molecule has 0 aliphatic heterocycles. The van der Waals surface area contributed by atoms with Crippen LogP contribution in [0.1, 0.15) is 19.4 Å². The van der Waals surface area contributed by atoms with Gasteiger partial charge in [0.25, 0.3) is 0 Å². The first kappa shape index (κ1) is 19.1. The van der Waals surface area contributed by atoms with Gasteiger partial charge in [-0.3, -0.25) is 0 Å². The van der Waals surface area contributed by atoms with Crippen LogP contribution >= 0.6 is 0 Å². The molecule has 2 aromatic rings. The number of alkyl halides is 3. The molecule has 0 saturated carbocycles. The molecule has 8 heteroatoms. The molecule has 1 aromatic carbocycles. The smallest absolute Gasteiger partial charge is 0.485 e. The fourth-order valence-electron chi connectivity index (χ4n) is 1.77. The van der Waals surface area contributed by atoms with Crippen LogP contribution in [0.15, 0.2) is 60.9 Å². The number of hydrogen-bond acceptors (Lipinski definition) is 3. The lowest BCUT2D eigenvalue weighted by molar-refractivity contribution is -0.747. The molecule has 4 nitrogen and oxygen atoms in total. The number of rotatable bonds is 2. The van der Waals surface area contributed by atoms with Gasteiger partial charge in [0, 0.05) is 31.5 Å². The summed E-state index contributed by atoms with van der Waals surface area (Å²) in [6.07, 6.45) is 4.21. The van der Waals surface area contributed by atoms with E-state index in [1.165, 1.54) is 5.56 Å². The van der Waals surface area contributed by atoms with E-state index in [0.29, 0.717) is 0 Å². The Morgan fingerprint density at radius 2 is 1.30 bits per heavy atom. The van der Waals surface area contributed by atoms with Crippen molar-refractivity contribution in [3.8, 4) is 0 Å². The van der Waals surface area contributed by atoms with Gasteiger partial charge in [0.1, 0.15) is 0 Å². The molecule has 0 spiro atoms. The average Bonchev–Trinajstić information content (AvgIpc) is 2.48. The van der Waals surface area contributed by atoms with Crippen LogP contribution in [0.2, 0.25) is 0 Å². The van der Waals surface area contributed by atoms with Crippen molar-refractivity contribution in [2.24, 2.45) is 0 Å². The van der Waals surface area contributed by atoms with Crippen molar-refractivity contribution < 1.29 is 30.7 Å². The lowest BCUT2D eigenvalue weighted by atomic mass is 9.94. The second kappa shape index (κ2) is 7.10. The van der Waals surface area contributed by atoms with E-state index in [9.17, 15) is 13.2 Å². The highest BCUT2D eigenvalue weighted by Crippen LogP contribution is 2.20. The topological polar surface area (TPSA) is 61.1 Å². The van der Waals surface area contributed by atoms with E-state index in [0.717, 1.165) is 0 Å². The molecule has 0 atom stereocenters. The van der Waals surface area contributed by atoms with Crippen molar-refractivity contribution in [1.29, 1.82) is 0 Å². The maximum Gasteiger partial charge on any atom is 0.485 e. The summed E-state index contributed by atoms with van der Waals surface area (Å²) < 4.78 is 61.1. The molecule has 0 fully saturated rings. The molecule has 1 heterocycles. The zero-order chi connectivity index (χ0) is 17.7. The summed E-state index contributed by atoms with van der Waals surface area (Å²) in [6, 6.07) is 16.7. The van der Waals surface area contributed by atoms with E-state index in [4.69, 9.17) is 13.0 Å². The molecular weight excluding hydrogens is 331 g/mol.